The molecule has 0 aliphatic carbocycles. The van der Waals surface area contributed by atoms with Gasteiger partial charge in [0, 0.05) is 16.0 Å². The zero-order valence-corrected chi connectivity index (χ0v) is 18.5. The van der Waals surface area contributed by atoms with Crippen molar-refractivity contribution >= 4 is 50.0 Å². The van der Waals surface area contributed by atoms with Crippen LogP contribution in [0.25, 0.3) is 0 Å². The number of carbonyl (C=O) groups excluding carboxylic acids is 1. The average Bonchev–Trinajstić information content (AvgIpc) is 3.08. The Hall–Kier alpha value is -1.83. The van der Waals surface area contributed by atoms with E-state index in [1.165, 1.54) is 11.8 Å². The summed E-state index contributed by atoms with van der Waals surface area (Å²) in [5, 5.41) is 0.979. The van der Waals surface area contributed by atoms with Crippen LogP contribution in [0, 0.1) is 13.8 Å². The van der Waals surface area contributed by atoms with Crippen LogP contribution in [0.2, 0.25) is 5.02 Å². The molecule has 0 bridgehead atoms. The van der Waals surface area contributed by atoms with Gasteiger partial charge in [0.25, 0.3) is 5.91 Å². The fourth-order valence-corrected chi connectivity index (χ4v) is 7.92. The lowest BCUT2D eigenvalue weighted by Gasteiger charge is -2.26. The molecule has 0 radical (unpaired) electrons. The molecule has 0 saturated carbocycles. The maximum Gasteiger partial charge on any atom is 0.252 e. The number of rotatable bonds is 3. The third-order valence-corrected chi connectivity index (χ3v) is 8.60. The number of benzene rings is 2. The maximum atomic E-state index is 12.7. The van der Waals surface area contributed by atoms with E-state index in [0.717, 1.165) is 22.4 Å². The Morgan fingerprint density at radius 1 is 1.21 bits per heavy atom. The summed E-state index contributed by atoms with van der Waals surface area (Å²) in [5.41, 5.74) is 3.76. The highest BCUT2D eigenvalue weighted by atomic mass is 35.5. The van der Waals surface area contributed by atoms with Gasteiger partial charge in [-0.3, -0.25) is 4.79 Å². The van der Waals surface area contributed by atoms with Gasteiger partial charge in [0.15, 0.2) is 15.0 Å². The molecule has 152 valence electrons. The second kappa shape index (κ2) is 7.78. The van der Waals surface area contributed by atoms with Crippen molar-refractivity contribution in [3.8, 4) is 0 Å². The Labute approximate surface area is 180 Å². The van der Waals surface area contributed by atoms with E-state index in [1.54, 1.807) is 6.07 Å². The number of fused-ring (bicyclic) bond motifs is 1. The van der Waals surface area contributed by atoms with Crippen LogP contribution in [0.5, 0.6) is 0 Å². The number of amidine groups is 1. The molecular weight excluding hydrogens is 428 g/mol. The highest BCUT2D eigenvalue weighted by Gasteiger charge is 2.49. The van der Waals surface area contributed by atoms with Crippen molar-refractivity contribution in [3.63, 3.8) is 0 Å². The summed E-state index contributed by atoms with van der Waals surface area (Å²) in [6, 6.07) is 13.0. The molecule has 2 aliphatic heterocycles. The number of amides is 1. The standard InChI is InChI=1S/C21H21ClN2O3S2/c1-13-4-3-5-15(8-13)9-20(25)23-21-24(17-10-16(22)7-6-14(17)2)18-11-29(26,27)12-19(18)28-21/h3-8,10,18-19H,9,11-12H2,1-2H3/t18-,19+/m1/s1. The molecule has 0 aromatic heterocycles. The van der Waals surface area contributed by atoms with E-state index in [0.29, 0.717) is 10.2 Å². The van der Waals surface area contributed by atoms with Crippen LogP contribution in [0.15, 0.2) is 47.5 Å². The van der Waals surface area contributed by atoms with E-state index < -0.39 is 9.84 Å². The second-order valence-corrected chi connectivity index (χ2v) is 11.4. The smallest absolute Gasteiger partial charge is 0.252 e. The van der Waals surface area contributed by atoms with Gasteiger partial charge in [-0.15, -0.1) is 0 Å². The average molecular weight is 449 g/mol. The van der Waals surface area contributed by atoms with Crippen molar-refractivity contribution in [1.82, 2.24) is 0 Å². The quantitative estimate of drug-likeness (QED) is 0.714. The molecule has 2 saturated heterocycles. The molecule has 2 aromatic carbocycles. The Morgan fingerprint density at radius 2 is 2.00 bits per heavy atom. The van der Waals surface area contributed by atoms with E-state index in [-0.39, 0.29) is 35.1 Å². The summed E-state index contributed by atoms with van der Waals surface area (Å²) in [4.78, 5) is 19.0. The summed E-state index contributed by atoms with van der Waals surface area (Å²) in [6.45, 7) is 3.93. The van der Waals surface area contributed by atoms with E-state index in [1.807, 2.05) is 55.1 Å². The number of aryl methyl sites for hydroxylation is 2. The minimum Gasteiger partial charge on any atom is -0.315 e. The van der Waals surface area contributed by atoms with Crippen LogP contribution in [-0.2, 0) is 21.1 Å². The molecule has 8 heteroatoms. The number of sulfone groups is 1. The van der Waals surface area contributed by atoms with Crippen LogP contribution in [-0.4, -0.2) is 42.3 Å². The van der Waals surface area contributed by atoms with E-state index in [2.05, 4.69) is 4.99 Å². The Morgan fingerprint density at radius 3 is 2.76 bits per heavy atom. The van der Waals surface area contributed by atoms with Crippen LogP contribution >= 0.6 is 23.4 Å². The normalized spacial score (nSPS) is 24.1. The minimum absolute atomic E-state index is 0.0573. The molecule has 2 atom stereocenters. The summed E-state index contributed by atoms with van der Waals surface area (Å²) in [5.74, 6) is -0.0868. The fraction of sp³-hybridized carbons (Fsp3) is 0.333. The van der Waals surface area contributed by atoms with Gasteiger partial charge >= 0.3 is 0 Å². The van der Waals surface area contributed by atoms with Crippen molar-refractivity contribution < 1.29 is 13.2 Å². The Bertz CT molecular complexity index is 1110. The lowest BCUT2D eigenvalue weighted by molar-refractivity contribution is -0.117. The lowest BCUT2D eigenvalue weighted by Crippen LogP contribution is -2.38. The predicted octanol–water partition coefficient (Wildman–Crippen LogP) is 3.80. The van der Waals surface area contributed by atoms with Gasteiger partial charge in [0.2, 0.25) is 0 Å². The molecule has 2 heterocycles. The molecule has 0 unspecified atom stereocenters. The molecule has 2 aliphatic rings. The Balaban J connectivity index is 1.68. The summed E-state index contributed by atoms with van der Waals surface area (Å²) in [7, 11) is -3.11. The number of halogens is 1. The number of hydrogen-bond acceptors (Lipinski definition) is 4. The van der Waals surface area contributed by atoms with Crippen molar-refractivity contribution in [3.05, 3.63) is 64.2 Å². The zero-order chi connectivity index (χ0) is 20.8. The third-order valence-electron chi connectivity index (χ3n) is 5.16. The number of carbonyl (C=O) groups is 1. The van der Waals surface area contributed by atoms with Crippen LogP contribution in [0.4, 0.5) is 5.69 Å². The van der Waals surface area contributed by atoms with E-state index in [4.69, 9.17) is 11.6 Å². The van der Waals surface area contributed by atoms with Gasteiger partial charge in [-0.2, -0.15) is 4.99 Å². The molecule has 5 nitrogen and oxygen atoms in total. The summed E-state index contributed by atoms with van der Waals surface area (Å²) >= 11 is 7.59. The first-order chi connectivity index (χ1) is 13.7. The molecule has 2 aromatic rings. The second-order valence-electron chi connectivity index (χ2n) is 7.56. The molecule has 2 fully saturated rings. The largest absolute Gasteiger partial charge is 0.315 e. The number of nitrogens with zero attached hydrogens (tertiary/aromatic N) is 2. The van der Waals surface area contributed by atoms with Crippen molar-refractivity contribution in [2.24, 2.45) is 4.99 Å². The first-order valence-corrected chi connectivity index (χ1v) is 12.4. The van der Waals surface area contributed by atoms with Gasteiger partial charge in [-0.05, 0) is 37.1 Å². The topological polar surface area (TPSA) is 66.8 Å². The van der Waals surface area contributed by atoms with Gasteiger partial charge < -0.3 is 4.90 Å². The molecule has 0 N–H and O–H groups in total. The van der Waals surface area contributed by atoms with Gasteiger partial charge in [-0.1, -0.05) is 59.3 Å². The monoisotopic (exact) mass is 448 g/mol. The first kappa shape index (κ1) is 20.4. The minimum atomic E-state index is -3.11. The van der Waals surface area contributed by atoms with E-state index >= 15 is 0 Å². The summed E-state index contributed by atoms with van der Waals surface area (Å²) in [6.07, 6.45) is 0.210. The first-order valence-electron chi connectivity index (χ1n) is 9.31. The SMILES string of the molecule is Cc1cccc(CC(=O)N=C2S[C@H]3CS(=O)(=O)C[C@H]3N2c2cc(Cl)ccc2C)c1. The lowest BCUT2D eigenvalue weighted by atomic mass is 10.1. The maximum absolute atomic E-state index is 12.7. The molecule has 1 amide bonds. The number of aliphatic imine (C=N–C) groups is 1. The predicted molar refractivity (Wildman–Crippen MR) is 120 cm³/mol. The molecule has 0 spiro atoms. The van der Waals surface area contributed by atoms with Crippen LogP contribution in [0.3, 0.4) is 0 Å². The number of hydrogen-bond donors (Lipinski definition) is 0. The number of anilines is 1. The van der Waals surface area contributed by atoms with Crippen molar-refractivity contribution in [2.75, 3.05) is 16.4 Å². The van der Waals surface area contributed by atoms with Crippen LogP contribution < -0.4 is 4.90 Å². The van der Waals surface area contributed by atoms with Crippen molar-refractivity contribution in [2.45, 2.75) is 31.6 Å². The highest BCUT2D eigenvalue weighted by molar-refractivity contribution is 8.16. The van der Waals surface area contributed by atoms with Gasteiger partial charge in [0.1, 0.15) is 0 Å². The number of thioether (sulfide) groups is 1. The summed E-state index contributed by atoms with van der Waals surface area (Å²) < 4.78 is 24.4. The zero-order valence-electron chi connectivity index (χ0n) is 16.1. The highest BCUT2D eigenvalue weighted by Crippen LogP contribution is 2.42. The molecule has 4 rings (SSSR count). The van der Waals surface area contributed by atoms with Crippen molar-refractivity contribution in [1.29, 1.82) is 0 Å². The van der Waals surface area contributed by atoms with Crippen LogP contribution in [0.1, 0.15) is 16.7 Å². The fourth-order valence-electron chi connectivity index (χ4n) is 3.83. The molecular formula is C21H21ClN2O3S2. The third kappa shape index (κ3) is 4.37. The molecule has 29 heavy (non-hydrogen) atoms. The van der Waals surface area contributed by atoms with E-state index in [9.17, 15) is 13.2 Å². The van der Waals surface area contributed by atoms with Gasteiger partial charge in [0.05, 0.1) is 24.0 Å². The van der Waals surface area contributed by atoms with Gasteiger partial charge in [-0.25, -0.2) is 8.42 Å². The Kier molecular flexibility index (Phi) is 5.48.